The van der Waals surface area contributed by atoms with Crippen LogP contribution in [0.25, 0.3) is 0 Å². The Kier molecular flexibility index (Phi) is 6.00. The van der Waals surface area contributed by atoms with Crippen LogP contribution in [0.1, 0.15) is 88.5 Å². The lowest BCUT2D eigenvalue weighted by atomic mass is 9.68. The first-order valence-corrected chi connectivity index (χ1v) is 11.0. The van der Waals surface area contributed by atoms with Crippen molar-refractivity contribution in [2.45, 2.75) is 77.4 Å². The molecule has 3 fully saturated rings. The summed E-state index contributed by atoms with van der Waals surface area (Å²) in [5.41, 5.74) is 2.69. The van der Waals surface area contributed by atoms with Crippen LogP contribution in [0.2, 0.25) is 0 Å². The Morgan fingerprint density at radius 3 is 1.69 bits per heavy atom. The van der Waals surface area contributed by atoms with E-state index in [1.165, 1.54) is 62.5 Å². The highest BCUT2D eigenvalue weighted by atomic mass is 16.7. The molecule has 0 amide bonds. The second-order valence-corrected chi connectivity index (χ2v) is 9.40. The zero-order valence-corrected chi connectivity index (χ0v) is 16.7. The minimum atomic E-state index is -0.162. The molecular weight excluding hydrogens is 320 g/mol. The van der Waals surface area contributed by atoms with Gasteiger partial charge in [-0.25, -0.2) is 0 Å². The van der Waals surface area contributed by atoms with Crippen LogP contribution in [0.4, 0.5) is 0 Å². The van der Waals surface area contributed by atoms with E-state index in [4.69, 9.17) is 9.47 Å². The monoisotopic (exact) mass is 356 g/mol. The molecule has 2 saturated carbocycles. The van der Waals surface area contributed by atoms with E-state index in [1.807, 2.05) is 0 Å². The van der Waals surface area contributed by atoms with E-state index in [0.29, 0.717) is 5.92 Å². The molecule has 144 valence electrons. The average molecular weight is 357 g/mol. The Bertz CT molecular complexity index is 542. The summed E-state index contributed by atoms with van der Waals surface area (Å²) in [4.78, 5) is 0. The average Bonchev–Trinajstić information content (AvgIpc) is 2.70. The van der Waals surface area contributed by atoms with Gasteiger partial charge < -0.3 is 9.47 Å². The predicted octanol–water partition coefficient (Wildman–Crippen LogP) is 6.47. The number of hydrogen-bond donors (Lipinski definition) is 0. The zero-order valence-electron chi connectivity index (χ0n) is 16.7. The van der Waals surface area contributed by atoms with Gasteiger partial charge in [-0.05, 0) is 67.8 Å². The van der Waals surface area contributed by atoms with Gasteiger partial charge in [0.25, 0.3) is 0 Å². The summed E-state index contributed by atoms with van der Waals surface area (Å²) in [6.45, 7) is 6.21. The first-order chi connectivity index (χ1) is 12.7. The Morgan fingerprint density at radius 2 is 1.12 bits per heavy atom. The maximum absolute atomic E-state index is 5.83. The fourth-order valence-electron chi connectivity index (χ4n) is 5.40. The van der Waals surface area contributed by atoms with Crippen molar-refractivity contribution in [1.29, 1.82) is 0 Å². The number of hydrogen-bond acceptors (Lipinski definition) is 2. The lowest BCUT2D eigenvalue weighted by Gasteiger charge is -2.37. The van der Waals surface area contributed by atoms with Crippen molar-refractivity contribution in [2.75, 3.05) is 13.2 Å². The molecule has 1 aromatic rings. The third kappa shape index (κ3) is 4.34. The summed E-state index contributed by atoms with van der Waals surface area (Å²) in [5, 5.41) is 0. The normalized spacial score (nSPS) is 38.8. The third-order valence-electron chi connectivity index (χ3n) is 7.24. The Morgan fingerprint density at radius 1 is 0.615 bits per heavy atom. The van der Waals surface area contributed by atoms with Crippen molar-refractivity contribution in [1.82, 2.24) is 0 Å². The standard InChI is InChI=1S/C24H36O2/c1-17-3-5-19(6-4-17)20-7-9-21(10-8-20)22-11-13-23(14-12-22)24-25-15-18(2)16-26-24/h11-14,17-21,24H,3-10,15-16H2,1-2H3. The van der Waals surface area contributed by atoms with Gasteiger partial charge in [0.2, 0.25) is 0 Å². The molecule has 2 aliphatic carbocycles. The molecule has 0 aromatic heterocycles. The Hall–Kier alpha value is -0.860. The van der Waals surface area contributed by atoms with Crippen LogP contribution in [0, 0.1) is 23.7 Å². The van der Waals surface area contributed by atoms with E-state index in [1.54, 1.807) is 0 Å². The molecular formula is C24H36O2. The molecule has 2 heteroatoms. The van der Waals surface area contributed by atoms with Crippen molar-refractivity contribution in [2.24, 2.45) is 23.7 Å². The minimum Gasteiger partial charge on any atom is -0.348 e. The number of rotatable bonds is 3. The molecule has 1 heterocycles. The maximum atomic E-state index is 5.83. The molecule has 1 aliphatic heterocycles. The molecule has 4 rings (SSSR count). The van der Waals surface area contributed by atoms with E-state index >= 15 is 0 Å². The zero-order chi connectivity index (χ0) is 17.9. The van der Waals surface area contributed by atoms with E-state index < -0.39 is 0 Å². The molecule has 0 spiro atoms. The van der Waals surface area contributed by atoms with Crippen molar-refractivity contribution in [3.63, 3.8) is 0 Å². The van der Waals surface area contributed by atoms with Crippen molar-refractivity contribution < 1.29 is 9.47 Å². The van der Waals surface area contributed by atoms with Crippen LogP contribution < -0.4 is 0 Å². The van der Waals surface area contributed by atoms with Crippen LogP contribution in [0.15, 0.2) is 24.3 Å². The molecule has 0 N–H and O–H groups in total. The summed E-state index contributed by atoms with van der Waals surface area (Å²) in [5.74, 6) is 4.27. The SMILES string of the molecule is CC1CCC(C2CCC(c3ccc(C4OCC(C)CO4)cc3)CC2)CC1. The summed E-state index contributed by atoms with van der Waals surface area (Å²) in [6.07, 6.45) is 11.4. The molecule has 0 radical (unpaired) electrons. The topological polar surface area (TPSA) is 18.5 Å². The highest BCUT2D eigenvalue weighted by Crippen LogP contribution is 2.44. The third-order valence-corrected chi connectivity index (χ3v) is 7.24. The molecule has 1 saturated heterocycles. The molecule has 0 unspecified atom stereocenters. The predicted molar refractivity (Wildman–Crippen MR) is 106 cm³/mol. The van der Waals surface area contributed by atoms with Crippen molar-refractivity contribution in [3.05, 3.63) is 35.4 Å². The van der Waals surface area contributed by atoms with Crippen molar-refractivity contribution in [3.8, 4) is 0 Å². The molecule has 2 nitrogen and oxygen atoms in total. The number of ether oxygens (including phenoxy) is 2. The van der Waals surface area contributed by atoms with Crippen LogP contribution in [0.3, 0.4) is 0 Å². The van der Waals surface area contributed by atoms with Crippen LogP contribution >= 0.6 is 0 Å². The van der Waals surface area contributed by atoms with Crippen molar-refractivity contribution >= 4 is 0 Å². The first-order valence-electron chi connectivity index (χ1n) is 11.0. The van der Waals surface area contributed by atoms with Crippen LogP contribution in [-0.4, -0.2) is 13.2 Å². The smallest absolute Gasteiger partial charge is 0.183 e. The van der Waals surface area contributed by atoms with Gasteiger partial charge >= 0.3 is 0 Å². The fraction of sp³-hybridized carbons (Fsp3) is 0.750. The summed E-state index contributed by atoms with van der Waals surface area (Å²) in [7, 11) is 0. The lowest BCUT2D eigenvalue weighted by molar-refractivity contribution is -0.202. The van der Waals surface area contributed by atoms with Gasteiger partial charge in [-0.15, -0.1) is 0 Å². The highest BCUT2D eigenvalue weighted by Gasteiger charge is 2.30. The first kappa shape index (κ1) is 18.5. The largest absolute Gasteiger partial charge is 0.348 e. The summed E-state index contributed by atoms with van der Waals surface area (Å²) >= 11 is 0. The molecule has 3 aliphatic rings. The fourth-order valence-corrected chi connectivity index (χ4v) is 5.40. The summed E-state index contributed by atoms with van der Waals surface area (Å²) in [6, 6.07) is 9.11. The lowest BCUT2D eigenvalue weighted by Crippen LogP contribution is -2.25. The van der Waals surface area contributed by atoms with Crippen LogP contribution in [-0.2, 0) is 9.47 Å². The van der Waals surface area contributed by atoms with Gasteiger partial charge in [0.15, 0.2) is 6.29 Å². The second-order valence-electron chi connectivity index (χ2n) is 9.40. The van der Waals surface area contributed by atoms with Gasteiger partial charge in [-0.2, -0.15) is 0 Å². The van der Waals surface area contributed by atoms with E-state index in [0.717, 1.165) is 36.9 Å². The van der Waals surface area contributed by atoms with Gasteiger partial charge in [0.05, 0.1) is 13.2 Å². The van der Waals surface area contributed by atoms with Gasteiger partial charge in [0.1, 0.15) is 0 Å². The molecule has 0 bridgehead atoms. The maximum Gasteiger partial charge on any atom is 0.183 e. The van der Waals surface area contributed by atoms with Crippen LogP contribution in [0.5, 0.6) is 0 Å². The van der Waals surface area contributed by atoms with Gasteiger partial charge in [-0.3, -0.25) is 0 Å². The molecule has 1 aromatic carbocycles. The van der Waals surface area contributed by atoms with E-state index in [-0.39, 0.29) is 6.29 Å². The molecule has 0 atom stereocenters. The number of benzene rings is 1. The summed E-state index contributed by atoms with van der Waals surface area (Å²) < 4.78 is 11.7. The highest BCUT2D eigenvalue weighted by molar-refractivity contribution is 5.26. The second kappa shape index (κ2) is 8.44. The van der Waals surface area contributed by atoms with Gasteiger partial charge in [-0.1, -0.05) is 51.0 Å². The quantitative estimate of drug-likeness (QED) is 0.618. The van der Waals surface area contributed by atoms with E-state index in [2.05, 4.69) is 38.1 Å². The van der Waals surface area contributed by atoms with E-state index in [9.17, 15) is 0 Å². The molecule has 26 heavy (non-hydrogen) atoms. The minimum absolute atomic E-state index is 0.162. The Labute approximate surface area is 159 Å². The Balaban J connectivity index is 1.29. The van der Waals surface area contributed by atoms with Gasteiger partial charge in [0, 0.05) is 11.5 Å².